The number of aromatic hydroxyl groups is 1. The molecule has 0 aliphatic rings. The summed E-state index contributed by atoms with van der Waals surface area (Å²) in [6.45, 7) is 3.21. The van der Waals surface area contributed by atoms with Crippen LogP contribution in [0.5, 0.6) is 5.75 Å². The molecule has 0 fully saturated rings. The van der Waals surface area contributed by atoms with E-state index in [1.165, 1.54) is 16.8 Å². The number of benzene rings is 1. The first-order valence-electron chi connectivity index (χ1n) is 5.59. The maximum absolute atomic E-state index is 10.8. The fourth-order valence-electron chi connectivity index (χ4n) is 1.87. The predicted molar refractivity (Wildman–Crippen MR) is 68.3 cm³/mol. The van der Waals surface area contributed by atoms with Crippen molar-refractivity contribution in [3.8, 4) is 11.4 Å². The second-order valence-electron chi connectivity index (χ2n) is 4.29. The monoisotopic (exact) mass is 277 g/mol. The number of nitro benzene ring substituents is 1. The number of hydrogen-bond donors (Lipinski definition) is 2. The van der Waals surface area contributed by atoms with E-state index in [4.69, 9.17) is 5.11 Å². The number of nitro groups is 1. The van der Waals surface area contributed by atoms with Gasteiger partial charge in [0, 0.05) is 11.6 Å². The van der Waals surface area contributed by atoms with Crippen LogP contribution >= 0.6 is 0 Å². The zero-order valence-corrected chi connectivity index (χ0v) is 10.7. The SMILES string of the molecule is Cc1cc([N+](=O)[O-])c(C)cc1-n1cc(O)c(C(=O)O)n1. The summed E-state index contributed by atoms with van der Waals surface area (Å²) in [5, 5.41) is 32.9. The van der Waals surface area contributed by atoms with E-state index in [2.05, 4.69) is 5.10 Å². The van der Waals surface area contributed by atoms with E-state index in [9.17, 15) is 20.0 Å². The van der Waals surface area contributed by atoms with Gasteiger partial charge in [-0.3, -0.25) is 10.1 Å². The van der Waals surface area contributed by atoms with Gasteiger partial charge in [-0.05, 0) is 25.5 Å². The molecule has 2 rings (SSSR count). The molecule has 0 radical (unpaired) electrons. The third-order valence-electron chi connectivity index (χ3n) is 2.86. The third-order valence-corrected chi connectivity index (χ3v) is 2.86. The molecule has 0 saturated carbocycles. The fourth-order valence-corrected chi connectivity index (χ4v) is 1.87. The highest BCUT2D eigenvalue weighted by Gasteiger charge is 2.19. The van der Waals surface area contributed by atoms with Gasteiger partial charge in [-0.25, -0.2) is 9.48 Å². The molecule has 0 spiro atoms. The predicted octanol–water partition coefficient (Wildman–Crippen LogP) is 1.80. The van der Waals surface area contributed by atoms with Crippen molar-refractivity contribution in [1.29, 1.82) is 0 Å². The lowest BCUT2D eigenvalue weighted by Crippen LogP contribution is -2.04. The zero-order chi connectivity index (χ0) is 15.0. The Hall–Kier alpha value is -2.90. The summed E-state index contributed by atoms with van der Waals surface area (Å²) >= 11 is 0. The molecule has 1 heterocycles. The van der Waals surface area contributed by atoms with Crippen LogP contribution in [0.25, 0.3) is 5.69 Å². The molecule has 0 aliphatic carbocycles. The van der Waals surface area contributed by atoms with Crippen LogP contribution in [0.2, 0.25) is 0 Å². The van der Waals surface area contributed by atoms with E-state index in [1.54, 1.807) is 13.8 Å². The summed E-state index contributed by atoms with van der Waals surface area (Å²) in [5.41, 5.74) is 0.932. The molecular formula is C12H11N3O5. The van der Waals surface area contributed by atoms with Gasteiger partial charge in [-0.15, -0.1) is 0 Å². The standard InChI is InChI=1S/C12H11N3O5/c1-6-4-9(15(19)20)7(2)3-8(6)14-5-10(16)11(13-14)12(17)18/h3-5,16H,1-2H3,(H,17,18). The molecule has 2 aromatic rings. The highest BCUT2D eigenvalue weighted by atomic mass is 16.6. The fraction of sp³-hybridized carbons (Fsp3) is 0.167. The summed E-state index contributed by atoms with van der Waals surface area (Å²) in [6, 6.07) is 2.90. The largest absolute Gasteiger partial charge is 0.504 e. The second-order valence-corrected chi connectivity index (χ2v) is 4.29. The van der Waals surface area contributed by atoms with Crippen LogP contribution in [0.3, 0.4) is 0 Å². The Balaban J connectivity index is 2.59. The Kier molecular flexibility index (Phi) is 3.15. The van der Waals surface area contributed by atoms with Crippen LogP contribution in [0.4, 0.5) is 5.69 Å². The van der Waals surface area contributed by atoms with Gasteiger partial charge in [0.05, 0.1) is 16.8 Å². The molecule has 0 unspecified atom stereocenters. The lowest BCUT2D eigenvalue weighted by atomic mass is 10.1. The molecule has 8 nitrogen and oxygen atoms in total. The Bertz CT molecular complexity index is 720. The van der Waals surface area contributed by atoms with Crippen molar-refractivity contribution < 1.29 is 19.9 Å². The van der Waals surface area contributed by atoms with Gasteiger partial charge in [-0.2, -0.15) is 5.10 Å². The Labute approximate surface area is 113 Å². The van der Waals surface area contributed by atoms with Crippen LogP contribution < -0.4 is 0 Å². The topological polar surface area (TPSA) is 118 Å². The van der Waals surface area contributed by atoms with Gasteiger partial charge in [0.1, 0.15) is 0 Å². The van der Waals surface area contributed by atoms with Crippen LogP contribution in [0.15, 0.2) is 18.3 Å². The van der Waals surface area contributed by atoms with Crippen molar-refractivity contribution in [1.82, 2.24) is 9.78 Å². The zero-order valence-electron chi connectivity index (χ0n) is 10.7. The third kappa shape index (κ3) is 2.18. The smallest absolute Gasteiger partial charge is 0.360 e. The molecule has 0 amide bonds. The van der Waals surface area contributed by atoms with E-state index in [0.717, 1.165) is 6.20 Å². The molecule has 104 valence electrons. The first kappa shape index (κ1) is 13.5. The highest BCUT2D eigenvalue weighted by molar-refractivity contribution is 5.88. The van der Waals surface area contributed by atoms with Gasteiger partial charge in [0.15, 0.2) is 5.75 Å². The highest BCUT2D eigenvalue weighted by Crippen LogP contribution is 2.26. The van der Waals surface area contributed by atoms with E-state index in [-0.39, 0.29) is 5.69 Å². The first-order chi connectivity index (χ1) is 9.31. The van der Waals surface area contributed by atoms with E-state index >= 15 is 0 Å². The lowest BCUT2D eigenvalue weighted by Gasteiger charge is -2.07. The second kappa shape index (κ2) is 4.65. The molecule has 20 heavy (non-hydrogen) atoms. The molecule has 8 heteroatoms. The van der Waals surface area contributed by atoms with Crippen molar-refractivity contribution in [2.45, 2.75) is 13.8 Å². The van der Waals surface area contributed by atoms with Crippen molar-refractivity contribution in [2.75, 3.05) is 0 Å². The summed E-state index contributed by atoms with van der Waals surface area (Å²) < 4.78 is 1.19. The Morgan fingerprint density at radius 3 is 2.50 bits per heavy atom. The minimum absolute atomic E-state index is 0.0268. The van der Waals surface area contributed by atoms with Crippen molar-refractivity contribution in [3.63, 3.8) is 0 Å². The van der Waals surface area contributed by atoms with Gasteiger partial charge >= 0.3 is 5.97 Å². The van der Waals surface area contributed by atoms with Crippen LogP contribution in [-0.2, 0) is 0 Å². The summed E-state index contributed by atoms with van der Waals surface area (Å²) in [6.07, 6.45) is 1.15. The summed E-state index contributed by atoms with van der Waals surface area (Å²) in [7, 11) is 0. The number of carboxylic acid groups (broad SMARTS) is 1. The van der Waals surface area contributed by atoms with Crippen LogP contribution in [-0.4, -0.2) is 30.9 Å². The number of hydrogen-bond acceptors (Lipinski definition) is 5. The average Bonchev–Trinajstić information content (AvgIpc) is 2.73. The average molecular weight is 277 g/mol. The van der Waals surface area contributed by atoms with Crippen molar-refractivity contribution >= 4 is 11.7 Å². The normalized spacial score (nSPS) is 10.5. The van der Waals surface area contributed by atoms with Gasteiger partial charge in [0.2, 0.25) is 5.69 Å². The molecular weight excluding hydrogens is 266 g/mol. The minimum atomic E-state index is -1.35. The van der Waals surface area contributed by atoms with Crippen molar-refractivity contribution in [3.05, 3.63) is 45.3 Å². The number of rotatable bonds is 3. The van der Waals surface area contributed by atoms with Crippen molar-refractivity contribution in [2.24, 2.45) is 0 Å². The number of aromatic nitrogens is 2. The minimum Gasteiger partial charge on any atom is -0.504 e. The molecule has 0 aliphatic heterocycles. The maximum atomic E-state index is 10.8. The summed E-state index contributed by atoms with van der Waals surface area (Å²) in [4.78, 5) is 21.2. The molecule has 2 N–H and O–H groups in total. The first-order valence-corrected chi connectivity index (χ1v) is 5.59. The lowest BCUT2D eigenvalue weighted by molar-refractivity contribution is -0.385. The molecule has 1 aromatic heterocycles. The molecule has 0 saturated heterocycles. The molecule has 0 bridgehead atoms. The van der Waals surface area contributed by atoms with Gasteiger partial charge < -0.3 is 10.2 Å². The Morgan fingerprint density at radius 2 is 2.00 bits per heavy atom. The van der Waals surface area contributed by atoms with Crippen LogP contribution in [0.1, 0.15) is 21.6 Å². The Morgan fingerprint density at radius 1 is 1.35 bits per heavy atom. The number of carbonyl (C=O) groups is 1. The van der Waals surface area contributed by atoms with Gasteiger partial charge in [-0.1, -0.05) is 0 Å². The van der Waals surface area contributed by atoms with E-state index in [0.29, 0.717) is 16.8 Å². The maximum Gasteiger partial charge on any atom is 0.360 e. The van der Waals surface area contributed by atoms with E-state index in [1.807, 2.05) is 0 Å². The number of carboxylic acids is 1. The number of aryl methyl sites for hydroxylation is 2. The summed E-state index contributed by atoms with van der Waals surface area (Å²) in [5.74, 6) is -1.81. The quantitative estimate of drug-likeness (QED) is 0.652. The van der Waals surface area contributed by atoms with Gasteiger partial charge in [0.25, 0.3) is 5.69 Å². The molecule has 1 aromatic carbocycles. The van der Waals surface area contributed by atoms with Crippen LogP contribution in [0, 0.1) is 24.0 Å². The number of aromatic carboxylic acids is 1. The number of nitrogens with zero attached hydrogens (tertiary/aromatic N) is 3. The molecule has 0 atom stereocenters. The van der Waals surface area contributed by atoms with E-state index < -0.39 is 22.3 Å².